The van der Waals surface area contributed by atoms with Gasteiger partial charge in [-0.1, -0.05) is 60.7 Å². The molecule has 0 aliphatic carbocycles. The SMILES string of the molecule is O=C[C@H](c1ccccc1)c1[nH]nc2ncc(-c3ccccc3)cc12. The third-order valence-corrected chi connectivity index (χ3v) is 4.15. The Balaban J connectivity index is 1.85. The number of nitrogens with zero attached hydrogens (tertiary/aromatic N) is 2. The Morgan fingerprint density at radius 1 is 0.917 bits per heavy atom. The van der Waals surface area contributed by atoms with Crippen LogP contribution in [0.5, 0.6) is 0 Å². The first-order valence-electron chi connectivity index (χ1n) is 7.76. The molecule has 0 fully saturated rings. The number of hydrogen-bond donors (Lipinski definition) is 1. The number of rotatable bonds is 4. The second-order valence-electron chi connectivity index (χ2n) is 5.62. The van der Waals surface area contributed by atoms with Crippen molar-refractivity contribution in [2.24, 2.45) is 0 Å². The maximum absolute atomic E-state index is 11.7. The third kappa shape index (κ3) is 2.48. The van der Waals surface area contributed by atoms with E-state index in [-0.39, 0.29) is 5.92 Å². The fourth-order valence-electron chi connectivity index (χ4n) is 2.92. The van der Waals surface area contributed by atoms with E-state index in [2.05, 4.69) is 15.2 Å². The molecule has 4 heteroatoms. The van der Waals surface area contributed by atoms with Gasteiger partial charge in [0, 0.05) is 17.1 Å². The molecule has 0 radical (unpaired) electrons. The van der Waals surface area contributed by atoms with Gasteiger partial charge in [0.1, 0.15) is 6.29 Å². The van der Waals surface area contributed by atoms with Crippen LogP contribution in [0.4, 0.5) is 0 Å². The summed E-state index contributed by atoms with van der Waals surface area (Å²) in [6, 6.07) is 21.8. The molecule has 1 N–H and O–H groups in total. The van der Waals surface area contributed by atoms with Crippen LogP contribution in [-0.4, -0.2) is 21.5 Å². The Hall–Kier alpha value is -3.27. The van der Waals surface area contributed by atoms with Crippen molar-refractivity contribution in [3.63, 3.8) is 0 Å². The lowest BCUT2D eigenvalue weighted by atomic mass is 9.95. The highest BCUT2D eigenvalue weighted by molar-refractivity contribution is 5.87. The number of benzene rings is 2. The van der Waals surface area contributed by atoms with Gasteiger partial charge < -0.3 is 4.79 Å². The Labute approximate surface area is 139 Å². The average molecular weight is 313 g/mol. The minimum absolute atomic E-state index is 0.385. The van der Waals surface area contributed by atoms with Crippen molar-refractivity contribution in [1.82, 2.24) is 15.2 Å². The minimum atomic E-state index is -0.385. The first kappa shape index (κ1) is 14.3. The molecular weight excluding hydrogens is 298 g/mol. The zero-order valence-corrected chi connectivity index (χ0v) is 12.9. The summed E-state index contributed by atoms with van der Waals surface area (Å²) in [7, 11) is 0. The van der Waals surface area contributed by atoms with Gasteiger partial charge in [0.05, 0.1) is 11.6 Å². The molecule has 1 atom stereocenters. The number of nitrogens with one attached hydrogen (secondary N) is 1. The molecule has 2 heterocycles. The number of pyridine rings is 1. The van der Waals surface area contributed by atoms with Gasteiger partial charge in [0.2, 0.25) is 0 Å². The number of carbonyl (C=O) groups is 1. The van der Waals surface area contributed by atoms with Crippen LogP contribution in [0, 0.1) is 0 Å². The summed E-state index contributed by atoms with van der Waals surface area (Å²) in [4.78, 5) is 16.2. The first-order valence-corrected chi connectivity index (χ1v) is 7.76. The van der Waals surface area contributed by atoms with Crippen LogP contribution in [0.2, 0.25) is 0 Å². The largest absolute Gasteiger partial charge is 0.302 e. The Morgan fingerprint density at radius 2 is 1.62 bits per heavy atom. The van der Waals surface area contributed by atoms with E-state index in [0.29, 0.717) is 5.65 Å². The number of hydrogen-bond acceptors (Lipinski definition) is 3. The van der Waals surface area contributed by atoms with E-state index >= 15 is 0 Å². The Kier molecular flexibility index (Phi) is 3.63. The standard InChI is InChI=1S/C20H15N3O/c24-13-18(15-9-5-2-6-10-15)19-17-11-16(12-21-20(17)23-22-19)14-7-3-1-4-8-14/h1-13,18H,(H,21,22,23)/t18-/m1/s1. The Bertz CT molecular complexity index is 978. The number of H-pyrrole nitrogens is 1. The van der Waals surface area contributed by atoms with Crippen LogP contribution in [0.3, 0.4) is 0 Å². The fourth-order valence-corrected chi connectivity index (χ4v) is 2.92. The molecule has 0 aliphatic rings. The van der Waals surface area contributed by atoms with Crippen molar-refractivity contribution in [3.05, 3.63) is 84.2 Å². The lowest BCUT2D eigenvalue weighted by Crippen LogP contribution is -2.03. The molecule has 0 spiro atoms. The van der Waals surface area contributed by atoms with Crippen LogP contribution < -0.4 is 0 Å². The van der Waals surface area contributed by atoms with Gasteiger partial charge in [-0.05, 0) is 17.2 Å². The van der Waals surface area contributed by atoms with Gasteiger partial charge in [-0.25, -0.2) is 4.98 Å². The normalized spacial score (nSPS) is 12.2. The molecule has 24 heavy (non-hydrogen) atoms. The maximum atomic E-state index is 11.7. The van der Waals surface area contributed by atoms with Gasteiger partial charge in [-0.15, -0.1) is 0 Å². The summed E-state index contributed by atoms with van der Waals surface area (Å²) in [5, 5.41) is 8.12. The molecule has 4 aromatic rings. The molecule has 0 bridgehead atoms. The number of carbonyl (C=O) groups excluding carboxylic acids is 1. The highest BCUT2D eigenvalue weighted by atomic mass is 16.1. The predicted molar refractivity (Wildman–Crippen MR) is 93.7 cm³/mol. The molecule has 116 valence electrons. The lowest BCUT2D eigenvalue weighted by molar-refractivity contribution is -0.108. The van der Waals surface area contributed by atoms with Gasteiger partial charge in [-0.2, -0.15) is 5.10 Å². The molecule has 4 rings (SSSR count). The number of aldehydes is 1. The van der Waals surface area contributed by atoms with Crippen molar-refractivity contribution < 1.29 is 4.79 Å². The monoisotopic (exact) mass is 313 g/mol. The van der Waals surface area contributed by atoms with Crippen molar-refractivity contribution in [3.8, 4) is 11.1 Å². The topological polar surface area (TPSA) is 58.6 Å². The van der Waals surface area contributed by atoms with Gasteiger partial charge in [0.25, 0.3) is 0 Å². The lowest BCUT2D eigenvalue weighted by Gasteiger charge is -2.09. The van der Waals surface area contributed by atoms with E-state index in [9.17, 15) is 4.79 Å². The molecule has 0 saturated heterocycles. The van der Waals surface area contributed by atoms with Crippen molar-refractivity contribution >= 4 is 17.3 Å². The average Bonchev–Trinajstić information content (AvgIpc) is 3.07. The summed E-state index contributed by atoms with van der Waals surface area (Å²) < 4.78 is 0. The molecule has 2 aromatic carbocycles. The van der Waals surface area contributed by atoms with Crippen LogP contribution >= 0.6 is 0 Å². The minimum Gasteiger partial charge on any atom is -0.302 e. The number of aromatic nitrogens is 3. The molecule has 0 amide bonds. The fraction of sp³-hybridized carbons (Fsp3) is 0.0500. The molecule has 0 unspecified atom stereocenters. The van der Waals surface area contributed by atoms with Gasteiger partial charge >= 0.3 is 0 Å². The van der Waals surface area contributed by atoms with Crippen LogP contribution in [0.15, 0.2) is 72.9 Å². The summed E-state index contributed by atoms with van der Waals surface area (Å²) in [6.45, 7) is 0. The van der Waals surface area contributed by atoms with Crippen molar-refractivity contribution in [2.75, 3.05) is 0 Å². The zero-order chi connectivity index (χ0) is 16.4. The third-order valence-electron chi connectivity index (χ3n) is 4.15. The molecule has 4 nitrogen and oxygen atoms in total. The van der Waals surface area contributed by atoms with Gasteiger partial charge in [0.15, 0.2) is 5.65 Å². The second kappa shape index (κ2) is 6.08. The van der Waals surface area contributed by atoms with Gasteiger partial charge in [-0.3, -0.25) is 5.10 Å². The quantitative estimate of drug-likeness (QED) is 0.580. The molecule has 2 aromatic heterocycles. The number of fused-ring (bicyclic) bond motifs is 1. The molecule has 0 aliphatic heterocycles. The summed E-state index contributed by atoms with van der Waals surface area (Å²) in [6.07, 6.45) is 2.75. The first-order chi connectivity index (χ1) is 11.9. The Morgan fingerprint density at radius 3 is 2.33 bits per heavy atom. The summed E-state index contributed by atoms with van der Waals surface area (Å²) in [5.74, 6) is -0.385. The maximum Gasteiger partial charge on any atom is 0.181 e. The zero-order valence-electron chi connectivity index (χ0n) is 12.9. The van der Waals surface area contributed by atoms with E-state index in [1.807, 2.05) is 66.7 Å². The second-order valence-corrected chi connectivity index (χ2v) is 5.62. The van der Waals surface area contributed by atoms with Crippen molar-refractivity contribution in [2.45, 2.75) is 5.92 Å². The van der Waals surface area contributed by atoms with E-state index < -0.39 is 0 Å². The summed E-state index contributed by atoms with van der Waals surface area (Å²) in [5.41, 5.74) is 4.41. The van der Waals surface area contributed by atoms with E-state index in [0.717, 1.165) is 34.1 Å². The smallest absolute Gasteiger partial charge is 0.181 e. The van der Waals surface area contributed by atoms with E-state index in [1.54, 1.807) is 6.20 Å². The van der Waals surface area contributed by atoms with E-state index in [4.69, 9.17) is 0 Å². The van der Waals surface area contributed by atoms with Crippen LogP contribution in [0.25, 0.3) is 22.2 Å². The van der Waals surface area contributed by atoms with E-state index in [1.165, 1.54) is 0 Å². The van der Waals surface area contributed by atoms with Crippen LogP contribution in [-0.2, 0) is 4.79 Å². The van der Waals surface area contributed by atoms with Crippen LogP contribution in [0.1, 0.15) is 17.2 Å². The summed E-state index contributed by atoms with van der Waals surface area (Å²) >= 11 is 0. The van der Waals surface area contributed by atoms with Crippen molar-refractivity contribution in [1.29, 1.82) is 0 Å². The predicted octanol–water partition coefficient (Wildman–Crippen LogP) is 3.96. The molecular formula is C20H15N3O. The number of aromatic amines is 1. The highest BCUT2D eigenvalue weighted by Gasteiger charge is 2.19. The molecule has 0 saturated carbocycles. The highest BCUT2D eigenvalue weighted by Crippen LogP contribution is 2.29.